The Labute approximate surface area is 177 Å². The molecule has 2 N–H and O–H groups in total. The number of hydrogen-bond acceptors (Lipinski definition) is 4. The van der Waals surface area contributed by atoms with Crippen LogP contribution in [0.15, 0.2) is 24.3 Å². The zero-order chi connectivity index (χ0) is 21.7. The van der Waals surface area contributed by atoms with Crippen LogP contribution in [-0.4, -0.2) is 41.9 Å². The number of nitrogens with zero attached hydrogens (tertiary/aromatic N) is 3. The highest BCUT2D eigenvalue weighted by atomic mass is 16.5. The van der Waals surface area contributed by atoms with Crippen molar-refractivity contribution in [1.82, 2.24) is 15.1 Å². The Kier molecular flexibility index (Phi) is 6.97. The number of hydrogen-bond donors (Lipinski definition) is 2. The highest BCUT2D eigenvalue weighted by Gasteiger charge is 2.23. The third-order valence-corrected chi connectivity index (χ3v) is 5.25. The summed E-state index contributed by atoms with van der Waals surface area (Å²) in [6.07, 6.45) is 2.41. The molecular formula is C22H31N5O3. The molecule has 0 saturated carbocycles. The first-order valence-electron chi connectivity index (χ1n) is 10.4. The number of benzene rings is 1. The Morgan fingerprint density at radius 3 is 2.73 bits per heavy atom. The monoisotopic (exact) mass is 413 g/mol. The fraction of sp³-hybridized carbons (Fsp3) is 0.500. The van der Waals surface area contributed by atoms with Crippen LogP contribution in [0.25, 0.3) is 0 Å². The second kappa shape index (κ2) is 9.65. The summed E-state index contributed by atoms with van der Waals surface area (Å²) in [6, 6.07) is 7.10. The third-order valence-electron chi connectivity index (χ3n) is 5.25. The number of aromatic nitrogens is 2. The van der Waals surface area contributed by atoms with E-state index in [9.17, 15) is 9.59 Å². The number of ether oxygens (including phenoxy) is 1. The molecule has 2 heterocycles. The van der Waals surface area contributed by atoms with Gasteiger partial charge in [-0.15, -0.1) is 0 Å². The lowest BCUT2D eigenvalue weighted by Gasteiger charge is -2.28. The van der Waals surface area contributed by atoms with E-state index in [2.05, 4.69) is 22.7 Å². The summed E-state index contributed by atoms with van der Waals surface area (Å²) in [5.41, 5.74) is 3.42. The summed E-state index contributed by atoms with van der Waals surface area (Å²) < 4.78 is 7.39. The van der Waals surface area contributed by atoms with E-state index in [0.29, 0.717) is 36.6 Å². The van der Waals surface area contributed by atoms with Gasteiger partial charge in [0.1, 0.15) is 5.75 Å². The van der Waals surface area contributed by atoms with Crippen molar-refractivity contribution in [2.24, 2.45) is 5.92 Å². The molecule has 1 unspecified atom stereocenters. The smallest absolute Gasteiger partial charge is 0.319 e. The Morgan fingerprint density at radius 2 is 2.07 bits per heavy atom. The van der Waals surface area contributed by atoms with Crippen LogP contribution in [0, 0.1) is 19.8 Å². The molecule has 1 aromatic heterocycles. The van der Waals surface area contributed by atoms with Crippen LogP contribution in [0.5, 0.6) is 5.75 Å². The first-order valence-corrected chi connectivity index (χ1v) is 10.4. The van der Waals surface area contributed by atoms with E-state index in [1.165, 1.54) is 0 Å². The van der Waals surface area contributed by atoms with Gasteiger partial charge in [-0.05, 0) is 56.9 Å². The summed E-state index contributed by atoms with van der Waals surface area (Å²) in [7, 11) is 1.58. The average molecular weight is 414 g/mol. The second-order valence-electron chi connectivity index (χ2n) is 7.94. The summed E-state index contributed by atoms with van der Waals surface area (Å²) in [6.45, 7) is 8.00. The maximum absolute atomic E-state index is 12.4. The number of amides is 3. The molecule has 0 bridgehead atoms. The largest absolute Gasteiger partial charge is 0.495 e. The highest BCUT2D eigenvalue weighted by Crippen LogP contribution is 2.33. The van der Waals surface area contributed by atoms with Crippen molar-refractivity contribution in [3.8, 4) is 5.75 Å². The van der Waals surface area contributed by atoms with Crippen LogP contribution in [0.3, 0.4) is 0 Å². The van der Waals surface area contributed by atoms with Crippen molar-refractivity contribution in [3.63, 3.8) is 0 Å². The molecule has 0 radical (unpaired) electrons. The number of carbonyl (C=O) groups is 2. The molecule has 1 fully saturated rings. The summed E-state index contributed by atoms with van der Waals surface area (Å²) in [5, 5.41) is 10.2. The zero-order valence-corrected chi connectivity index (χ0v) is 18.2. The highest BCUT2D eigenvalue weighted by molar-refractivity contribution is 5.97. The first-order chi connectivity index (χ1) is 14.4. The van der Waals surface area contributed by atoms with E-state index in [4.69, 9.17) is 4.74 Å². The fourth-order valence-corrected chi connectivity index (χ4v) is 3.70. The van der Waals surface area contributed by atoms with Gasteiger partial charge in [-0.25, -0.2) is 4.79 Å². The van der Waals surface area contributed by atoms with Crippen molar-refractivity contribution in [3.05, 3.63) is 35.7 Å². The van der Waals surface area contributed by atoms with Gasteiger partial charge in [0.05, 0.1) is 18.5 Å². The molecule has 1 aromatic carbocycles. The van der Waals surface area contributed by atoms with Gasteiger partial charge in [0.25, 0.3) is 0 Å². The second-order valence-corrected chi connectivity index (χ2v) is 7.94. The Balaban J connectivity index is 1.58. The molecule has 1 atom stereocenters. The normalized spacial score (nSPS) is 15.1. The molecule has 0 aliphatic carbocycles. The fourth-order valence-electron chi connectivity index (χ4n) is 3.70. The van der Waals surface area contributed by atoms with Crippen molar-refractivity contribution >= 4 is 23.3 Å². The number of rotatable bonds is 7. The van der Waals surface area contributed by atoms with Crippen LogP contribution in [0.4, 0.5) is 16.2 Å². The van der Waals surface area contributed by atoms with Gasteiger partial charge in [0.2, 0.25) is 5.91 Å². The number of nitrogens with one attached hydrogen (secondary N) is 2. The van der Waals surface area contributed by atoms with Gasteiger partial charge >= 0.3 is 6.03 Å². The number of aryl methyl sites for hydroxylation is 2. The number of anilines is 2. The molecule has 1 aliphatic rings. The molecular weight excluding hydrogens is 382 g/mol. The van der Waals surface area contributed by atoms with E-state index < -0.39 is 0 Å². The molecule has 8 heteroatoms. The van der Waals surface area contributed by atoms with Crippen molar-refractivity contribution in [1.29, 1.82) is 0 Å². The molecule has 1 aliphatic heterocycles. The number of piperidine rings is 1. The zero-order valence-electron chi connectivity index (χ0n) is 18.2. The Hall–Kier alpha value is -3.03. The molecule has 30 heavy (non-hydrogen) atoms. The standard InChI is InChI=1S/C22H31N5O3/c1-15(14-27-17(3)11-16(2)25-27)13-23-22(29)24-18-8-9-20(30-4)19(12-18)26-10-6-5-7-21(26)28/h8-9,11-12,15H,5-7,10,13-14H2,1-4H3,(H2,23,24,29). The van der Waals surface area contributed by atoms with Crippen LogP contribution in [0.1, 0.15) is 37.6 Å². The summed E-state index contributed by atoms with van der Waals surface area (Å²) in [4.78, 5) is 26.4. The summed E-state index contributed by atoms with van der Waals surface area (Å²) in [5.74, 6) is 0.931. The van der Waals surface area contributed by atoms with Crippen LogP contribution >= 0.6 is 0 Å². The SMILES string of the molecule is COc1ccc(NC(=O)NCC(C)Cn2nc(C)cc2C)cc1N1CCCCC1=O. The molecule has 2 aromatic rings. The van der Waals surface area contributed by atoms with Crippen molar-refractivity contribution in [2.45, 2.75) is 46.6 Å². The number of carbonyl (C=O) groups excluding carboxylic acids is 2. The van der Waals surface area contributed by atoms with Crippen molar-refractivity contribution in [2.75, 3.05) is 30.4 Å². The van der Waals surface area contributed by atoms with Gasteiger partial charge < -0.3 is 20.3 Å². The minimum atomic E-state index is -0.281. The average Bonchev–Trinajstić information content (AvgIpc) is 3.03. The maximum Gasteiger partial charge on any atom is 0.319 e. The third kappa shape index (κ3) is 5.31. The van der Waals surface area contributed by atoms with E-state index in [1.807, 2.05) is 24.6 Å². The predicted octanol–water partition coefficient (Wildman–Crippen LogP) is 3.48. The van der Waals surface area contributed by atoms with Gasteiger partial charge in [0.15, 0.2) is 0 Å². The maximum atomic E-state index is 12.4. The first kappa shape index (κ1) is 21.7. The Bertz CT molecular complexity index is 908. The molecule has 3 rings (SSSR count). The molecule has 1 saturated heterocycles. The van der Waals surface area contributed by atoms with Crippen molar-refractivity contribution < 1.29 is 14.3 Å². The minimum absolute atomic E-state index is 0.0825. The van der Waals surface area contributed by atoms with E-state index in [1.54, 1.807) is 30.2 Å². The van der Waals surface area contributed by atoms with Gasteiger partial charge in [-0.2, -0.15) is 5.10 Å². The van der Waals surface area contributed by atoms with E-state index >= 15 is 0 Å². The molecule has 0 spiro atoms. The van der Waals surface area contributed by atoms with Crippen LogP contribution < -0.4 is 20.3 Å². The topological polar surface area (TPSA) is 88.5 Å². The lowest BCUT2D eigenvalue weighted by molar-refractivity contribution is -0.119. The quantitative estimate of drug-likeness (QED) is 0.727. The lowest BCUT2D eigenvalue weighted by Crippen LogP contribution is -2.36. The van der Waals surface area contributed by atoms with E-state index in [-0.39, 0.29) is 17.9 Å². The molecule has 8 nitrogen and oxygen atoms in total. The minimum Gasteiger partial charge on any atom is -0.495 e. The van der Waals surface area contributed by atoms with Gasteiger partial charge in [-0.3, -0.25) is 9.48 Å². The lowest BCUT2D eigenvalue weighted by atomic mass is 10.1. The van der Waals surface area contributed by atoms with Gasteiger partial charge in [0, 0.05) is 37.4 Å². The molecule has 162 valence electrons. The number of urea groups is 1. The van der Waals surface area contributed by atoms with Crippen LogP contribution in [0.2, 0.25) is 0 Å². The summed E-state index contributed by atoms with van der Waals surface area (Å²) >= 11 is 0. The Morgan fingerprint density at radius 1 is 1.27 bits per heavy atom. The van der Waals surface area contributed by atoms with E-state index in [0.717, 1.165) is 30.8 Å². The number of methoxy groups -OCH3 is 1. The predicted molar refractivity (Wildman–Crippen MR) is 117 cm³/mol. The van der Waals surface area contributed by atoms with Crippen LogP contribution in [-0.2, 0) is 11.3 Å². The van der Waals surface area contributed by atoms with Gasteiger partial charge in [-0.1, -0.05) is 6.92 Å². The molecule has 3 amide bonds.